The van der Waals surface area contributed by atoms with Crippen LogP contribution in [0, 0.1) is 11.3 Å². The van der Waals surface area contributed by atoms with Crippen LogP contribution in [-0.4, -0.2) is 30.6 Å². The molecular formula is C13H26N2. The monoisotopic (exact) mass is 210 g/mol. The first-order valence-electron chi connectivity index (χ1n) is 6.56. The largest absolute Gasteiger partial charge is 0.326 e. The third-order valence-electron chi connectivity index (χ3n) is 4.52. The predicted molar refractivity (Wildman–Crippen MR) is 64.8 cm³/mol. The Morgan fingerprint density at radius 1 is 1.27 bits per heavy atom. The minimum absolute atomic E-state index is 0.353. The van der Waals surface area contributed by atoms with E-state index in [1.54, 1.807) is 0 Å². The predicted octanol–water partition coefficient (Wildman–Crippen LogP) is 2.24. The number of hydrogen-bond donors (Lipinski definition) is 1. The van der Waals surface area contributed by atoms with Crippen LogP contribution in [0.25, 0.3) is 0 Å². The van der Waals surface area contributed by atoms with Gasteiger partial charge in [-0.15, -0.1) is 0 Å². The van der Waals surface area contributed by atoms with Crippen LogP contribution in [0.1, 0.15) is 46.0 Å². The highest BCUT2D eigenvalue weighted by Crippen LogP contribution is 2.31. The van der Waals surface area contributed by atoms with E-state index in [0.29, 0.717) is 11.5 Å². The molecule has 1 aliphatic carbocycles. The molecule has 88 valence electrons. The van der Waals surface area contributed by atoms with E-state index in [2.05, 4.69) is 18.7 Å². The SMILES string of the molecule is CC1(C)CCN(CC2CCCC2)CC1N. The molecule has 2 fully saturated rings. The minimum Gasteiger partial charge on any atom is -0.326 e. The lowest BCUT2D eigenvalue weighted by molar-refractivity contribution is 0.0936. The zero-order chi connectivity index (χ0) is 10.9. The highest BCUT2D eigenvalue weighted by Gasteiger charge is 2.33. The molecule has 1 unspecified atom stereocenters. The van der Waals surface area contributed by atoms with E-state index in [9.17, 15) is 0 Å². The molecule has 2 rings (SSSR count). The molecule has 2 nitrogen and oxygen atoms in total. The van der Waals surface area contributed by atoms with Crippen molar-refractivity contribution < 1.29 is 0 Å². The van der Waals surface area contributed by atoms with Gasteiger partial charge < -0.3 is 10.6 Å². The summed E-state index contributed by atoms with van der Waals surface area (Å²) in [5.41, 5.74) is 6.59. The van der Waals surface area contributed by atoms with Crippen LogP contribution in [0.15, 0.2) is 0 Å². The summed E-state index contributed by atoms with van der Waals surface area (Å²) in [6.45, 7) is 8.31. The molecule has 2 heteroatoms. The first-order valence-corrected chi connectivity index (χ1v) is 6.56. The lowest BCUT2D eigenvalue weighted by Crippen LogP contribution is -2.53. The molecule has 0 aromatic carbocycles. The summed E-state index contributed by atoms with van der Waals surface area (Å²) < 4.78 is 0. The van der Waals surface area contributed by atoms with Gasteiger partial charge in [-0.3, -0.25) is 0 Å². The lowest BCUT2D eigenvalue weighted by Gasteiger charge is -2.42. The first-order chi connectivity index (χ1) is 7.08. The third kappa shape index (κ3) is 2.73. The zero-order valence-corrected chi connectivity index (χ0v) is 10.3. The van der Waals surface area contributed by atoms with Gasteiger partial charge in [-0.2, -0.15) is 0 Å². The highest BCUT2D eigenvalue weighted by atomic mass is 15.2. The Balaban J connectivity index is 1.80. The maximum atomic E-state index is 6.24. The second-order valence-electron chi connectivity index (χ2n) is 6.26. The molecule has 0 aromatic heterocycles. The second kappa shape index (κ2) is 4.42. The van der Waals surface area contributed by atoms with E-state index >= 15 is 0 Å². The Morgan fingerprint density at radius 3 is 2.53 bits per heavy atom. The fourth-order valence-corrected chi connectivity index (χ4v) is 2.97. The number of nitrogens with zero attached hydrogens (tertiary/aromatic N) is 1. The molecule has 0 spiro atoms. The average molecular weight is 210 g/mol. The number of nitrogens with two attached hydrogens (primary N) is 1. The van der Waals surface area contributed by atoms with Crippen molar-refractivity contribution in [2.75, 3.05) is 19.6 Å². The molecule has 1 heterocycles. The Kier molecular flexibility index (Phi) is 3.36. The van der Waals surface area contributed by atoms with E-state index in [0.717, 1.165) is 12.5 Å². The normalized spacial score (nSPS) is 33.4. The molecule has 1 saturated heterocycles. The van der Waals surface area contributed by atoms with Gasteiger partial charge in [-0.05, 0) is 37.1 Å². The number of rotatable bonds is 2. The van der Waals surface area contributed by atoms with Gasteiger partial charge >= 0.3 is 0 Å². The Morgan fingerprint density at radius 2 is 1.93 bits per heavy atom. The van der Waals surface area contributed by atoms with Crippen molar-refractivity contribution in [1.29, 1.82) is 0 Å². The van der Waals surface area contributed by atoms with Gasteiger partial charge in [0, 0.05) is 19.1 Å². The van der Waals surface area contributed by atoms with Crippen molar-refractivity contribution in [1.82, 2.24) is 4.90 Å². The van der Waals surface area contributed by atoms with Gasteiger partial charge in [0.1, 0.15) is 0 Å². The highest BCUT2D eigenvalue weighted by molar-refractivity contribution is 4.90. The molecule has 0 aromatic rings. The van der Waals surface area contributed by atoms with Crippen molar-refractivity contribution in [2.45, 2.75) is 52.0 Å². The number of hydrogen-bond acceptors (Lipinski definition) is 2. The van der Waals surface area contributed by atoms with Gasteiger partial charge in [0.15, 0.2) is 0 Å². The van der Waals surface area contributed by atoms with E-state index in [4.69, 9.17) is 5.73 Å². The van der Waals surface area contributed by atoms with Crippen LogP contribution in [0.5, 0.6) is 0 Å². The van der Waals surface area contributed by atoms with Gasteiger partial charge in [-0.25, -0.2) is 0 Å². The van der Waals surface area contributed by atoms with E-state index in [1.165, 1.54) is 45.2 Å². The molecule has 0 bridgehead atoms. The van der Waals surface area contributed by atoms with E-state index < -0.39 is 0 Å². The summed E-state index contributed by atoms with van der Waals surface area (Å²) in [4.78, 5) is 2.60. The fraction of sp³-hybridized carbons (Fsp3) is 1.00. The van der Waals surface area contributed by atoms with Crippen LogP contribution in [0.3, 0.4) is 0 Å². The van der Waals surface area contributed by atoms with E-state index in [1.807, 2.05) is 0 Å². The van der Waals surface area contributed by atoms with Crippen LogP contribution < -0.4 is 5.73 Å². The van der Waals surface area contributed by atoms with Crippen LogP contribution in [-0.2, 0) is 0 Å². The maximum absolute atomic E-state index is 6.24. The van der Waals surface area contributed by atoms with Gasteiger partial charge in [-0.1, -0.05) is 26.7 Å². The van der Waals surface area contributed by atoms with Gasteiger partial charge in [0.25, 0.3) is 0 Å². The molecular weight excluding hydrogens is 184 g/mol. The fourth-order valence-electron chi connectivity index (χ4n) is 2.97. The summed E-state index contributed by atoms with van der Waals surface area (Å²) in [6.07, 6.45) is 7.08. The van der Waals surface area contributed by atoms with Crippen LogP contribution >= 0.6 is 0 Å². The Bertz CT molecular complexity index is 205. The van der Waals surface area contributed by atoms with Crippen molar-refractivity contribution in [3.8, 4) is 0 Å². The van der Waals surface area contributed by atoms with Crippen LogP contribution in [0.4, 0.5) is 0 Å². The first kappa shape index (κ1) is 11.4. The molecule has 1 atom stereocenters. The standard InChI is InChI=1S/C13H26N2/c1-13(2)7-8-15(10-12(13)14)9-11-5-3-4-6-11/h11-12H,3-10,14H2,1-2H3. The molecule has 0 amide bonds. The number of likely N-dealkylation sites (tertiary alicyclic amines) is 1. The smallest absolute Gasteiger partial charge is 0.0220 e. The Labute approximate surface area is 94.2 Å². The lowest BCUT2D eigenvalue weighted by atomic mass is 9.78. The topological polar surface area (TPSA) is 29.3 Å². The third-order valence-corrected chi connectivity index (χ3v) is 4.52. The molecule has 2 aliphatic rings. The van der Waals surface area contributed by atoms with Crippen molar-refractivity contribution >= 4 is 0 Å². The summed E-state index contributed by atoms with van der Waals surface area (Å²) in [5.74, 6) is 0.971. The van der Waals surface area contributed by atoms with Gasteiger partial charge in [0.05, 0.1) is 0 Å². The average Bonchev–Trinajstić information content (AvgIpc) is 2.65. The second-order valence-corrected chi connectivity index (χ2v) is 6.26. The summed E-state index contributed by atoms with van der Waals surface area (Å²) in [5, 5.41) is 0. The Hall–Kier alpha value is -0.0800. The minimum atomic E-state index is 0.353. The molecule has 1 aliphatic heterocycles. The van der Waals surface area contributed by atoms with Crippen molar-refractivity contribution in [2.24, 2.45) is 17.1 Å². The quantitative estimate of drug-likeness (QED) is 0.757. The molecule has 15 heavy (non-hydrogen) atoms. The maximum Gasteiger partial charge on any atom is 0.0220 e. The van der Waals surface area contributed by atoms with Crippen molar-refractivity contribution in [3.05, 3.63) is 0 Å². The summed E-state index contributed by atoms with van der Waals surface area (Å²) in [7, 11) is 0. The molecule has 2 N–H and O–H groups in total. The van der Waals surface area contributed by atoms with Crippen molar-refractivity contribution in [3.63, 3.8) is 0 Å². The molecule has 1 saturated carbocycles. The van der Waals surface area contributed by atoms with Crippen LogP contribution in [0.2, 0.25) is 0 Å². The van der Waals surface area contributed by atoms with Gasteiger partial charge in [0.2, 0.25) is 0 Å². The summed E-state index contributed by atoms with van der Waals surface area (Å²) in [6, 6.07) is 0.368. The summed E-state index contributed by atoms with van der Waals surface area (Å²) >= 11 is 0. The number of piperidine rings is 1. The zero-order valence-electron chi connectivity index (χ0n) is 10.3. The van der Waals surface area contributed by atoms with E-state index in [-0.39, 0.29) is 0 Å². The molecule has 0 radical (unpaired) electrons.